The lowest BCUT2D eigenvalue weighted by Gasteiger charge is -2.16. The Morgan fingerprint density at radius 1 is 0.783 bits per heavy atom. The second kappa shape index (κ2) is 15.3. The molecule has 0 radical (unpaired) electrons. The van der Waals surface area contributed by atoms with Gasteiger partial charge in [-0.3, -0.25) is 4.55 Å². The van der Waals surface area contributed by atoms with Crippen molar-refractivity contribution in [2.75, 3.05) is 19.8 Å². The van der Waals surface area contributed by atoms with Crippen LogP contribution < -0.4 is 0 Å². The molecular formula is C16H34O6S. The van der Waals surface area contributed by atoms with E-state index in [4.69, 9.17) is 14.0 Å². The van der Waals surface area contributed by atoms with Gasteiger partial charge in [0, 0.05) is 13.2 Å². The minimum atomic E-state index is -4.27. The van der Waals surface area contributed by atoms with E-state index >= 15 is 0 Å². The zero-order chi connectivity index (χ0) is 17.4. The van der Waals surface area contributed by atoms with Gasteiger partial charge in [-0.2, -0.15) is 8.42 Å². The van der Waals surface area contributed by atoms with Crippen LogP contribution in [0.3, 0.4) is 0 Å². The molecule has 1 N–H and O–H groups in total. The molecule has 0 saturated carbocycles. The van der Waals surface area contributed by atoms with Crippen LogP contribution in [0.1, 0.15) is 78.1 Å². The molecule has 0 fully saturated rings. The Bertz CT molecular complexity index is 338. The molecular weight excluding hydrogens is 320 g/mol. The lowest BCUT2D eigenvalue weighted by molar-refractivity contribution is -0.140. The molecule has 0 spiro atoms. The van der Waals surface area contributed by atoms with Gasteiger partial charge < -0.3 is 9.47 Å². The highest BCUT2D eigenvalue weighted by atomic mass is 32.3. The molecule has 0 aliphatic carbocycles. The quantitative estimate of drug-likeness (QED) is 0.240. The van der Waals surface area contributed by atoms with Crippen molar-refractivity contribution in [3.63, 3.8) is 0 Å². The van der Waals surface area contributed by atoms with Crippen molar-refractivity contribution in [3.05, 3.63) is 0 Å². The van der Waals surface area contributed by atoms with E-state index in [1.807, 2.05) is 13.8 Å². The molecule has 0 heterocycles. The topological polar surface area (TPSA) is 82.1 Å². The summed E-state index contributed by atoms with van der Waals surface area (Å²) in [5, 5.41) is 0. The first kappa shape index (κ1) is 22.8. The van der Waals surface area contributed by atoms with Crippen LogP contribution in [0.4, 0.5) is 0 Å². The van der Waals surface area contributed by atoms with Gasteiger partial charge in [0.05, 0.1) is 6.61 Å². The lowest BCUT2D eigenvalue weighted by atomic mass is 10.1. The van der Waals surface area contributed by atoms with Crippen LogP contribution in [-0.2, 0) is 24.1 Å². The molecule has 0 aromatic carbocycles. The molecule has 0 aliphatic rings. The van der Waals surface area contributed by atoms with Gasteiger partial charge in [-0.05, 0) is 33.1 Å². The molecule has 0 atom stereocenters. The Morgan fingerprint density at radius 2 is 1.22 bits per heavy atom. The molecule has 7 heteroatoms. The van der Waals surface area contributed by atoms with Crippen LogP contribution in [0.25, 0.3) is 0 Å². The highest BCUT2D eigenvalue weighted by Gasteiger charge is 2.06. The van der Waals surface area contributed by atoms with Crippen LogP contribution in [0, 0.1) is 0 Å². The fourth-order valence-electron chi connectivity index (χ4n) is 2.40. The summed E-state index contributed by atoms with van der Waals surface area (Å²) in [6.07, 6.45) is 10.8. The Balaban J connectivity index is 3.27. The standard InChI is InChI=1S/C16H34O6S/c1-3-20-16(21-4-2)14-12-10-8-6-5-7-9-11-13-15-22-23(17,18)19/h16H,3-15H2,1-2H3,(H,17,18,19). The number of ether oxygens (including phenoxy) is 2. The van der Waals surface area contributed by atoms with Crippen molar-refractivity contribution < 1.29 is 26.6 Å². The van der Waals surface area contributed by atoms with Crippen molar-refractivity contribution in [1.82, 2.24) is 0 Å². The number of hydrogen-bond donors (Lipinski definition) is 1. The van der Waals surface area contributed by atoms with Gasteiger partial charge >= 0.3 is 10.4 Å². The average Bonchev–Trinajstić information content (AvgIpc) is 2.47. The Hall–Kier alpha value is -0.210. The molecule has 0 aliphatic heterocycles. The van der Waals surface area contributed by atoms with E-state index in [1.54, 1.807) is 0 Å². The van der Waals surface area contributed by atoms with Crippen LogP contribution in [0.5, 0.6) is 0 Å². The first-order chi connectivity index (χ1) is 11.0. The van der Waals surface area contributed by atoms with Crippen molar-refractivity contribution in [3.8, 4) is 0 Å². The molecule has 0 aromatic heterocycles. The Morgan fingerprint density at radius 3 is 1.65 bits per heavy atom. The van der Waals surface area contributed by atoms with Crippen LogP contribution in [0.15, 0.2) is 0 Å². The Kier molecular flexibility index (Phi) is 15.2. The minimum absolute atomic E-state index is 0.0463. The fraction of sp³-hybridized carbons (Fsp3) is 1.00. The Labute approximate surface area is 141 Å². The summed E-state index contributed by atoms with van der Waals surface area (Å²) in [7, 11) is -4.27. The smallest absolute Gasteiger partial charge is 0.353 e. The van der Waals surface area contributed by atoms with E-state index in [2.05, 4.69) is 4.18 Å². The third-order valence-electron chi connectivity index (χ3n) is 3.52. The summed E-state index contributed by atoms with van der Waals surface area (Å²) < 4.78 is 44.3. The molecule has 0 aromatic rings. The second-order valence-corrected chi connectivity index (χ2v) is 6.65. The normalized spacial score (nSPS) is 12.2. The third kappa shape index (κ3) is 18.0. The van der Waals surface area contributed by atoms with Crippen LogP contribution in [0.2, 0.25) is 0 Å². The van der Waals surface area contributed by atoms with Gasteiger partial charge in [0.1, 0.15) is 0 Å². The maximum Gasteiger partial charge on any atom is 0.397 e. The van der Waals surface area contributed by atoms with E-state index in [0.717, 1.165) is 32.1 Å². The average molecular weight is 355 g/mol. The van der Waals surface area contributed by atoms with Gasteiger partial charge in [-0.15, -0.1) is 0 Å². The summed E-state index contributed by atoms with van der Waals surface area (Å²) in [5.41, 5.74) is 0. The van der Waals surface area contributed by atoms with Crippen molar-refractivity contribution in [2.45, 2.75) is 84.3 Å². The van der Waals surface area contributed by atoms with Crippen molar-refractivity contribution in [2.24, 2.45) is 0 Å². The predicted octanol–water partition coefficient (Wildman–Crippen LogP) is 4.11. The number of hydrogen-bond acceptors (Lipinski definition) is 5. The molecule has 0 rings (SSSR count). The maximum absolute atomic E-state index is 10.3. The van der Waals surface area contributed by atoms with Gasteiger partial charge in [0.15, 0.2) is 6.29 Å². The second-order valence-electron chi connectivity index (χ2n) is 5.56. The molecule has 0 amide bonds. The number of unbranched alkanes of at least 4 members (excludes halogenated alkanes) is 8. The zero-order valence-corrected chi connectivity index (χ0v) is 15.5. The van der Waals surface area contributed by atoms with E-state index in [1.165, 1.54) is 25.7 Å². The van der Waals surface area contributed by atoms with Gasteiger partial charge in [0.2, 0.25) is 0 Å². The minimum Gasteiger partial charge on any atom is -0.353 e. The van der Waals surface area contributed by atoms with Crippen molar-refractivity contribution >= 4 is 10.4 Å². The van der Waals surface area contributed by atoms with Gasteiger partial charge in [-0.25, -0.2) is 4.18 Å². The number of rotatable bonds is 17. The molecule has 0 bridgehead atoms. The molecule has 140 valence electrons. The van der Waals surface area contributed by atoms with Gasteiger partial charge in [0.25, 0.3) is 0 Å². The highest BCUT2D eigenvalue weighted by molar-refractivity contribution is 7.80. The van der Waals surface area contributed by atoms with E-state index < -0.39 is 10.4 Å². The van der Waals surface area contributed by atoms with E-state index in [-0.39, 0.29) is 12.9 Å². The van der Waals surface area contributed by atoms with Crippen molar-refractivity contribution in [1.29, 1.82) is 0 Å². The first-order valence-corrected chi connectivity index (χ1v) is 10.2. The highest BCUT2D eigenvalue weighted by Crippen LogP contribution is 2.13. The maximum atomic E-state index is 10.3. The summed E-state index contributed by atoms with van der Waals surface area (Å²) >= 11 is 0. The van der Waals surface area contributed by atoms with Crippen LogP contribution >= 0.6 is 0 Å². The third-order valence-corrected chi connectivity index (χ3v) is 3.99. The molecule has 0 saturated heterocycles. The molecule has 23 heavy (non-hydrogen) atoms. The first-order valence-electron chi connectivity index (χ1n) is 8.84. The van der Waals surface area contributed by atoms with E-state index in [0.29, 0.717) is 19.6 Å². The summed E-state index contributed by atoms with van der Waals surface area (Å²) in [6.45, 7) is 5.43. The summed E-state index contributed by atoms with van der Waals surface area (Å²) in [4.78, 5) is 0. The lowest BCUT2D eigenvalue weighted by Crippen LogP contribution is -2.17. The molecule has 0 unspecified atom stereocenters. The van der Waals surface area contributed by atoms with E-state index in [9.17, 15) is 8.42 Å². The monoisotopic (exact) mass is 354 g/mol. The molecule has 6 nitrogen and oxygen atoms in total. The predicted molar refractivity (Wildman–Crippen MR) is 90.7 cm³/mol. The largest absolute Gasteiger partial charge is 0.397 e. The summed E-state index contributed by atoms with van der Waals surface area (Å²) in [6, 6.07) is 0. The summed E-state index contributed by atoms with van der Waals surface area (Å²) in [5.74, 6) is 0. The van der Waals surface area contributed by atoms with Crippen LogP contribution in [-0.4, -0.2) is 39.1 Å². The zero-order valence-electron chi connectivity index (χ0n) is 14.7. The van der Waals surface area contributed by atoms with Gasteiger partial charge in [-0.1, -0.05) is 44.9 Å². The SMILES string of the molecule is CCOC(CCCCCCCCCCCOS(=O)(=O)O)OCC. The fourth-order valence-corrected chi connectivity index (χ4v) is 2.73.